The van der Waals surface area contributed by atoms with Crippen LogP contribution in [-0.4, -0.2) is 48.9 Å². The third-order valence-electron chi connectivity index (χ3n) is 5.79. The van der Waals surface area contributed by atoms with Crippen molar-refractivity contribution in [3.05, 3.63) is 23.8 Å². The standard InChI is InChI=1S/C24H37ClN2O4/c1-5-13-27(22(28)16-25)23(24(29)26-19-10-7-17(3)8-11-19)18-9-12-20(31-14-6-2)21(15-18)30-4/h9,12,15,17,19,23H,5-8,10-11,13-14,16H2,1-4H3,(H,26,29)/t17?,19?,23-/m1/s1. The maximum Gasteiger partial charge on any atom is 0.247 e. The molecule has 1 N–H and O–H groups in total. The Labute approximate surface area is 191 Å². The zero-order chi connectivity index (χ0) is 22.8. The number of amides is 2. The molecular formula is C24H37ClN2O4. The van der Waals surface area contributed by atoms with Gasteiger partial charge in [-0.15, -0.1) is 11.6 Å². The summed E-state index contributed by atoms with van der Waals surface area (Å²) in [6.45, 7) is 7.29. The summed E-state index contributed by atoms with van der Waals surface area (Å²) < 4.78 is 11.3. The first-order valence-electron chi connectivity index (χ1n) is 11.4. The molecule has 1 aliphatic carbocycles. The largest absolute Gasteiger partial charge is 0.493 e. The Kier molecular flexibility index (Phi) is 10.4. The first-order valence-corrected chi connectivity index (χ1v) is 11.9. The summed E-state index contributed by atoms with van der Waals surface area (Å²) in [6, 6.07) is 4.81. The summed E-state index contributed by atoms with van der Waals surface area (Å²) in [5, 5.41) is 3.19. The molecule has 0 aliphatic heterocycles. The van der Waals surface area contributed by atoms with E-state index in [2.05, 4.69) is 12.2 Å². The van der Waals surface area contributed by atoms with Gasteiger partial charge < -0.3 is 19.7 Å². The molecule has 31 heavy (non-hydrogen) atoms. The normalized spacial score (nSPS) is 19.4. The van der Waals surface area contributed by atoms with E-state index >= 15 is 0 Å². The molecule has 0 unspecified atom stereocenters. The average molecular weight is 453 g/mol. The third kappa shape index (κ3) is 7.03. The number of carbonyl (C=O) groups is 2. The van der Waals surface area contributed by atoms with Crippen LogP contribution in [-0.2, 0) is 9.59 Å². The molecule has 6 nitrogen and oxygen atoms in total. The van der Waals surface area contributed by atoms with E-state index in [1.54, 1.807) is 18.1 Å². The van der Waals surface area contributed by atoms with Crippen LogP contribution in [0.3, 0.4) is 0 Å². The topological polar surface area (TPSA) is 67.9 Å². The van der Waals surface area contributed by atoms with Gasteiger partial charge in [0.05, 0.1) is 13.7 Å². The molecule has 174 valence electrons. The van der Waals surface area contributed by atoms with E-state index in [-0.39, 0.29) is 23.7 Å². The fourth-order valence-electron chi connectivity index (χ4n) is 4.06. The summed E-state index contributed by atoms with van der Waals surface area (Å²) in [6.07, 6.45) is 5.74. The first kappa shape index (κ1) is 25.3. The van der Waals surface area contributed by atoms with Gasteiger partial charge in [-0.2, -0.15) is 0 Å². The Bertz CT molecular complexity index is 720. The molecule has 0 bridgehead atoms. The highest BCUT2D eigenvalue weighted by atomic mass is 35.5. The van der Waals surface area contributed by atoms with Crippen LogP contribution in [0.2, 0.25) is 0 Å². The minimum Gasteiger partial charge on any atom is -0.493 e. The lowest BCUT2D eigenvalue weighted by Gasteiger charge is -2.34. The Morgan fingerprint density at radius 3 is 2.45 bits per heavy atom. The van der Waals surface area contributed by atoms with Crippen molar-refractivity contribution in [3.8, 4) is 11.5 Å². The maximum atomic E-state index is 13.5. The zero-order valence-corrected chi connectivity index (χ0v) is 20.0. The van der Waals surface area contributed by atoms with Crippen molar-refractivity contribution >= 4 is 23.4 Å². The van der Waals surface area contributed by atoms with Gasteiger partial charge in [-0.25, -0.2) is 0 Å². The van der Waals surface area contributed by atoms with Crippen molar-refractivity contribution in [2.45, 2.75) is 71.4 Å². The number of ether oxygens (including phenoxy) is 2. The van der Waals surface area contributed by atoms with Gasteiger partial charge in [0.1, 0.15) is 11.9 Å². The monoisotopic (exact) mass is 452 g/mol. The number of methoxy groups -OCH3 is 1. The number of rotatable bonds is 11. The van der Waals surface area contributed by atoms with Crippen LogP contribution in [0.25, 0.3) is 0 Å². The van der Waals surface area contributed by atoms with E-state index in [1.165, 1.54) is 0 Å². The number of hydrogen-bond donors (Lipinski definition) is 1. The van der Waals surface area contributed by atoms with Gasteiger partial charge in [0.25, 0.3) is 0 Å². The molecule has 1 aromatic carbocycles. The third-order valence-corrected chi connectivity index (χ3v) is 6.02. The lowest BCUT2D eigenvalue weighted by Crippen LogP contribution is -2.48. The molecule has 1 aliphatic rings. The molecule has 0 heterocycles. The molecule has 0 spiro atoms. The van der Waals surface area contributed by atoms with Gasteiger partial charge >= 0.3 is 0 Å². The fraction of sp³-hybridized carbons (Fsp3) is 0.667. The average Bonchev–Trinajstić information content (AvgIpc) is 2.78. The summed E-state index contributed by atoms with van der Waals surface area (Å²) >= 11 is 5.90. The van der Waals surface area contributed by atoms with Gasteiger partial charge in [-0.05, 0) is 62.1 Å². The number of benzene rings is 1. The van der Waals surface area contributed by atoms with Gasteiger partial charge in [-0.3, -0.25) is 9.59 Å². The fourth-order valence-corrected chi connectivity index (χ4v) is 4.21. The van der Waals surface area contributed by atoms with Gasteiger partial charge in [-0.1, -0.05) is 26.8 Å². The minimum absolute atomic E-state index is 0.134. The summed E-state index contributed by atoms with van der Waals surface area (Å²) in [7, 11) is 1.57. The van der Waals surface area contributed by atoms with Crippen molar-refractivity contribution in [3.63, 3.8) is 0 Å². The summed E-state index contributed by atoms with van der Waals surface area (Å²) in [5.74, 6) is 1.27. The van der Waals surface area contributed by atoms with Gasteiger partial charge in [0, 0.05) is 12.6 Å². The first-order chi connectivity index (χ1) is 14.9. The molecular weight excluding hydrogens is 416 g/mol. The van der Waals surface area contributed by atoms with E-state index in [0.29, 0.717) is 36.1 Å². The SMILES string of the molecule is CCCOc1ccc([C@H](C(=O)NC2CCC(C)CC2)N(CCC)C(=O)CCl)cc1OC. The van der Waals surface area contributed by atoms with Crippen molar-refractivity contribution < 1.29 is 19.1 Å². The van der Waals surface area contributed by atoms with Crippen LogP contribution in [0.5, 0.6) is 11.5 Å². The highest BCUT2D eigenvalue weighted by Gasteiger charge is 2.33. The Hall–Kier alpha value is -1.95. The van der Waals surface area contributed by atoms with Crippen molar-refractivity contribution in [1.82, 2.24) is 10.2 Å². The number of alkyl halides is 1. The van der Waals surface area contributed by atoms with E-state index in [4.69, 9.17) is 21.1 Å². The predicted molar refractivity (Wildman–Crippen MR) is 124 cm³/mol. The van der Waals surface area contributed by atoms with Crippen LogP contribution in [0.15, 0.2) is 18.2 Å². The molecule has 2 rings (SSSR count). The number of hydrogen-bond acceptors (Lipinski definition) is 4. The van der Waals surface area contributed by atoms with Crippen LogP contribution in [0.4, 0.5) is 0 Å². The highest BCUT2D eigenvalue weighted by molar-refractivity contribution is 6.27. The van der Waals surface area contributed by atoms with E-state index in [9.17, 15) is 9.59 Å². The molecule has 1 aromatic rings. The van der Waals surface area contributed by atoms with Crippen LogP contribution < -0.4 is 14.8 Å². The molecule has 1 fully saturated rings. The summed E-state index contributed by atoms with van der Waals surface area (Å²) in [5.41, 5.74) is 0.689. The van der Waals surface area contributed by atoms with Crippen molar-refractivity contribution in [2.75, 3.05) is 26.1 Å². The molecule has 2 amide bonds. The smallest absolute Gasteiger partial charge is 0.247 e. The van der Waals surface area contributed by atoms with Crippen LogP contribution in [0, 0.1) is 5.92 Å². The Morgan fingerprint density at radius 1 is 1.16 bits per heavy atom. The lowest BCUT2D eigenvalue weighted by molar-refractivity contribution is -0.139. The Balaban J connectivity index is 2.36. The summed E-state index contributed by atoms with van der Waals surface area (Å²) in [4.78, 5) is 27.7. The predicted octanol–water partition coefficient (Wildman–Crippen LogP) is 4.70. The van der Waals surface area contributed by atoms with Crippen molar-refractivity contribution in [2.24, 2.45) is 5.92 Å². The molecule has 0 aromatic heterocycles. The highest BCUT2D eigenvalue weighted by Crippen LogP contribution is 2.33. The van der Waals surface area contributed by atoms with E-state index in [1.807, 2.05) is 26.0 Å². The second-order valence-electron chi connectivity index (χ2n) is 8.35. The van der Waals surface area contributed by atoms with Crippen LogP contribution >= 0.6 is 11.6 Å². The second kappa shape index (κ2) is 12.8. The van der Waals surface area contributed by atoms with E-state index in [0.717, 1.165) is 38.5 Å². The number of carbonyl (C=O) groups excluding carboxylic acids is 2. The molecule has 1 saturated carbocycles. The van der Waals surface area contributed by atoms with Crippen LogP contribution in [0.1, 0.15) is 70.9 Å². The van der Waals surface area contributed by atoms with Crippen molar-refractivity contribution in [1.29, 1.82) is 0 Å². The molecule has 0 saturated heterocycles. The molecule has 1 atom stereocenters. The number of nitrogens with one attached hydrogen (secondary N) is 1. The maximum absolute atomic E-state index is 13.5. The quantitative estimate of drug-likeness (QED) is 0.494. The minimum atomic E-state index is -0.764. The Morgan fingerprint density at radius 2 is 1.87 bits per heavy atom. The van der Waals surface area contributed by atoms with Gasteiger partial charge in [0.2, 0.25) is 11.8 Å². The van der Waals surface area contributed by atoms with Gasteiger partial charge in [0.15, 0.2) is 11.5 Å². The zero-order valence-electron chi connectivity index (χ0n) is 19.3. The lowest BCUT2D eigenvalue weighted by atomic mass is 9.87. The van der Waals surface area contributed by atoms with E-state index < -0.39 is 6.04 Å². The second-order valence-corrected chi connectivity index (χ2v) is 8.61. The number of halogens is 1. The molecule has 0 radical (unpaired) electrons. The number of nitrogens with zero attached hydrogens (tertiary/aromatic N) is 1. The molecule has 7 heteroatoms.